The van der Waals surface area contributed by atoms with Crippen LogP contribution in [0.5, 0.6) is 0 Å². The third-order valence-electron chi connectivity index (χ3n) is 4.54. The molecule has 4 heteroatoms. The van der Waals surface area contributed by atoms with E-state index in [1.807, 2.05) is 32.0 Å². The molecule has 1 aromatic carbocycles. The summed E-state index contributed by atoms with van der Waals surface area (Å²) >= 11 is 0. The molecule has 2 rings (SSSR count). The smallest absolute Gasteiger partial charge is 0.220 e. The van der Waals surface area contributed by atoms with Crippen LogP contribution in [0.25, 0.3) is 0 Å². The quantitative estimate of drug-likeness (QED) is 0.794. The van der Waals surface area contributed by atoms with E-state index in [4.69, 9.17) is 0 Å². The molecular formula is C18H25NO3. The molecule has 22 heavy (non-hydrogen) atoms. The summed E-state index contributed by atoms with van der Waals surface area (Å²) in [6, 6.07) is 5.79. The molecule has 1 aliphatic carbocycles. The number of hydrogen-bond donors (Lipinski definition) is 2. The van der Waals surface area contributed by atoms with Crippen molar-refractivity contribution in [3.05, 3.63) is 34.9 Å². The lowest BCUT2D eigenvalue weighted by atomic mass is 9.97. The number of rotatable bonds is 6. The molecular weight excluding hydrogens is 278 g/mol. The first-order valence-corrected chi connectivity index (χ1v) is 7.98. The lowest BCUT2D eigenvalue weighted by Crippen LogP contribution is -2.49. The van der Waals surface area contributed by atoms with E-state index < -0.39 is 5.54 Å². The van der Waals surface area contributed by atoms with Crippen molar-refractivity contribution in [2.24, 2.45) is 0 Å². The zero-order valence-corrected chi connectivity index (χ0v) is 13.4. The average molecular weight is 303 g/mol. The van der Waals surface area contributed by atoms with Gasteiger partial charge in [-0.1, -0.05) is 30.5 Å². The first kappa shape index (κ1) is 16.7. The van der Waals surface area contributed by atoms with E-state index in [1.54, 1.807) is 0 Å². The Morgan fingerprint density at radius 1 is 1.18 bits per heavy atom. The SMILES string of the molecule is Cc1ccc(C)c(C(=O)CCC(=O)NC2(CO)CCCC2)c1. The standard InChI is InChI=1S/C18H25NO3/c1-13-5-6-14(2)15(11-13)16(21)7-8-17(22)19-18(12-20)9-3-4-10-18/h5-6,11,20H,3-4,7-10,12H2,1-2H3,(H,19,22). The number of carbonyl (C=O) groups excluding carboxylic acids is 2. The van der Waals surface area contributed by atoms with Crippen LogP contribution in [0.2, 0.25) is 0 Å². The highest BCUT2D eigenvalue weighted by atomic mass is 16.3. The van der Waals surface area contributed by atoms with Crippen LogP contribution in [-0.2, 0) is 4.79 Å². The Hall–Kier alpha value is -1.68. The molecule has 120 valence electrons. The van der Waals surface area contributed by atoms with Crippen LogP contribution in [0.1, 0.15) is 60.0 Å². The Morgan fingerprint density at radius 3 is 2.50 bits per heavy atom. The number of ketones is 1. The highest BCUT2D eigenvalue weighted by Gasteiger charge is 2.34. The van der Waals surface area contributed by atoms with Gasteiger partial charge in [0.15, 0.2) is 5.78 Å². The van der Waals surface area contributed by atoms with Gasteiger partial charge in [0, 0.05) is 18.4 Å². The molecule has 0 heterocycles. The Kier molecular flexibility index (Phi) is 5.35. The van der Waals surface area contributed by atoms with Crippen LogP contribution < -0.4 is 5.32 Å². The predicted molar refractivity (Wildman–Crippen MR) is 85.9 cm³/mol. The van der Waals surface area contributed by atoms with E-state index in [1.165, 1.54) is 0 Å². The molecule has 1 fully saturated rings. The maximum atomic E-state index is 12.3. The monoisotopic (exact) mass is 303 g/mol. The van der Waals surface area contributed by atoms with Crippen molar-refractivity contribution in [2.45, 2.75) is 57.9 Å². The fourth-order valence-corrected chi connectivity index (χ4v) is 3.13. The number of benzene rings is 1. The molecule has 0 atom stereocenters. The molecule has 1 aliphatic rings. The maximum Gasteiger partial charge on any atom is 0.220 e. The van der Waals surface area contributed by atoms with E-state index in [9.17, 15) is 14.7 Å². The maximum absolute atomic E-state index is 12.3. The zero-order chi connectivity index (χ0) is 16.2. The van der Waals surface area contributed by atoms with Crippen LogP contribution >= 0.6 is 0 Å². The highest BCUT2D eigenvalue weighted by Crippen LogP contribution is 2.29. The molecule has 0 aliphatic heterocycles. The van der Waals surface area contributed by atoms with Crippen molar-refractivity contribution in [1.29, 1.82) is 0 Å². The Bertz CT molecular complexity index is 559. The van der Waals surface area contributed by atoms with Crippen LogP contribution in [0, 0.1) is 13.8 Å². The lowest BCUT2D eigenvalue weighted by molar-refractivity contribution is -0.123. The van der Waals surface area contributed by atoms with Gasteiger partial charge in [0.05, 0.1) is 12.1 Å². The fourth-order valence-electron chi connectivity index (χ4n) is 3.13. The molecule has 4 nitrogen and oxygen atoms in total. The molecule has 0 aromatic heterocycles. The minimum absolute atomic E-state index is 0.000760. The molecule has 0 spiro atoms. The predicted octanol–water partition coefficient (Wildman–Crippen LogP) is 2.69. The largest absolute Gasteiger partial charge is 0.394 e. The second-order valence-electron chi connectivity index (χ2n) is 6.44. The Labute approximate surface area is 131 Å². The minimum atomic E-state index is -0.459. The van der Waals surface area contributed by atoms with Crippen LogP contribution in [0.15, 0.2) is 18.2 Å². The van der Waals surface area contributed by atoms with Crippen molar-refractivity contribution in [2.75, 3.05) is 6.61 Å². The second kappa shape index (κ2) is 7.05. The third-order valence-corrected chi connectivity index (χ3v) is 4.54. The number of aryl methyl sites for hydroxylation is 2. The van der Waals surface area contributed by atoms with Gasteiger partial charge in [0.1, 0.15) is 0 Å². The van der Waals surface area contributed by atoms with Gasteiger partial charge >= 0.3 is 0 Å². The zero-order valence-electron chi connectivity index (χ0n) is 13.4. The number of aliphatic hydroxyl groups excluding tert-OH is 1. The average Bonchev–Trinajstić information content (AvgIpc) is 2.96. The summed E-state index contributed by atoms with van der Waals surface area (Å²) in [7, 11) is 0. The summed E-state index contributed by atoms with van der Waals surface area (Å²) < 4.78 is 0. The van der Waals surface area contributed by atoms with Gasteiger partial charge in [-0.15, -0.1) is 0 Å². The van der Waals surface area contributed by atoms with Crippen LogP contribution in [0.3, 0.4) is 0 Å². The summed E-state index contributed by atoms with van der Waals surface area (Å²) in [6.45, 7) is 3.84. The van der Waals surface area contributed by atoms with Crippen LogP contribution in [-0.4, -0.2) is 28.9 Å². The summed E-state index contributed by atoms with van der Waals surface area (Å²) in [5, 5.41) is 12.4. The molecule has 1 aromatic rings. The van der Waals surface area contributed by atoms with E-state index >= 15 is 0 Å². The van der Waals surface area contributed by atoms with Gasteiger partial charge in [0.2, 0.25) is 5.91 Å². The van der Waals surface area contributed by atoms with Crippen molar-refractivity contribution in [3.63, 3.8) is 0 Å². The first-order valence-electron chi connectivity index (χ1n) is 7.98. The van der Waals surface area contributed by atoms with Gasteiger partial charge < -0.3 is 10.4 Å². The Balaban J connectivity index is 1.90. The first-order chi connectivity index (χ1) is 10.5. The summed E-state index contributed by atoms with van der Waals surface area (Å²) in [6.07, 6.45) is 4.08. The second-order valence-corrected chi connectivity index (χ2v) is 6.44. The topological polar surface area (TPSA) is 66.4 Å². The van der Waals surface area contributed by atoms with Gasteiger partial charge in [-0.3, -0.25) is 9.59 Å². The van der Waals surface area contributed by atoms with Gasteiger partial charge in [-0.25, -0.2) is 0 Å². The molecule has 1 amide bonds. The number of aliphatic hydroxyl groups is 1. The van der Waals surface area contributed by atoms with E-state index in [0.717, 1.165) is 36.8 Å². The number of nitrogens with one attached hydrogen (secondary N) is 1. The number of amides is 1. The third kappa shape index (κ3) is 3.95. The van der Waals surface area contributed by atoms with Gasteiger partial charge in [-0.2, -0.15) is 0 Å². The lowest BCUT2D eigenvalue weighted by Gasteiger charge is -2.27. The molecule has 0 radical (unpaired) electrons. The van der Waals surface area contributed by atoms with E-state index in [0.29, 0.717) is 5.56 Å². The number of hydrogen-bond acceptors (Lipinski definition) is 3. The van der Waals surface area contributed by atoms with Gasteiger partial charge in [-0.05, 0) is 38.3 Å². The van der Waals surface area contributed by atoms with Crippen molar-refractivity contribution >= 4 is 11.7 Å². The van der Waals surface area contributed by atoms with Crippen molar-refractivity contribution in [1.82, 2.24) is 5.32 Å². The number of Topliss-reactive ketones (excluding diaryl/α,β-unsaturated/α-hetero) is 1. The Morgan fingerprint density at radius 2 is 1.86 bits per heavy atom. The molecule has 2 N–H and O–H groups in total. The minimum Gasteiger partial charge on any atom is -0.394 e. The van der Waals surface area contributed by atoms with Crippen molar-refractivity contribution in [3.8, 4) is 0 Å². The number of carbonyl (C=O) groups is 2. The van der Waals surface area contributed by atoms with E-state index in [-0.39, 0.29) is 31.1 Å². The fraction of sp³-hybridized carbons (Fsp3) is 0.556. The molecule has 0 saturated heterocycles. The van der Waals surface area contributed by atoms with Crippen LogP contribution in [0.4, 0.5) is 0 Å². The van der Waals surface area contributed by atoms with Crippen molar-refractivity contribution < 1.29 is 14.7 Å². The summed E-state index contributed by atoms with van der Waals surface area (Å²) in [4.78, 5) is 24.4. The summed E-state index contributed by atoms with van der Waals surface area (Å²) in [5.74, 6) is -0.143. The molecule has 0 bridgehead atoms. The highest BCUT2D eigenvalue weighted by molar-refractivity contribution is 5.99. The molecule has 0 unspecified atom stereocenters. The normalized spacial score (nSPS) is 16.5. The van der Waals surface area contributed by atoms with Gasteiger partial charge in [0.25, 0.3) is 0 Å². The molecule has 1 saturated carbocycles. The summed E-state index contributed by atoms with van der Waals surface area (Å²) in [5.41, 5.74) is 2.23. The van der Waals surface area contributed by atoms with E-state index in [2.05, 4.69) is 5.32 Å².